The number of hydrogen-bond donors (Lipinski definition) is 1. The number of rotatable bonds is 0. The fourth-order valence-electron chi connectivity index (χ4n) is 1.20. The van der Waals surface area contributed by atoms with Gasteiger partial charge in [0.15, 0.2) is 0 Å². The molecule has 52 valence electrons. The van der Waals surface area contributed by atoms with Gasteiger partial charge in [-0.15, -0.1) is 0 Å². The van der Waals surface area contributed by atoms with E-state index in [0.717, 1.165) is 0 Å². The maximum absolute atomic E-state index is 10.8. The van der Waals surface area contributed by atoms with E-state index in [-0.39, 0.29) is 23.7 Å². The summed E-state index contributed by atoms with van der Waals surface area (Å²) in [5, 5.41) is 9.12. The van der Waals surface area contributed by atoms with Crippen LogP contribution in [-0.2, 0) is 4.79 Å². The maximum Gasteiger partial charge on any atom is 0.138 e. The van der Waals surface area contributed by atoms with Crippen LogP contribution in [0.4, 0.5) is 0 Å². The molecule has 1 N–H and O–H groups in total. The molecule has 2 unspecified atom stereocenters. The van der Waals surface area contributed by atoms with E-state index in [1.807, 2.05) is 13.8 Å². The van der Waals surface area contributed by atoms with Crippen LogP contribution in [-0.4, -0.2) is 17.0 Å². The van der Waals surface area contributed by atoms with Gasteiger partial charge in [0.2, 0.25) is 0 Å². The predicted octanol–water partition coefficient (Wildman–Crippen LogP) is 0.592. The summed E-state index contributed by atoms with van der Waals surface area (Å²) in [7, 11) is 0. The first kappa shape index (κ1) is 6.75. The Morgan fingerprint density at radius 2 is 2.11 bits per heavy atom. The molecule has 1 fully saturated rings. The minimum absolute atomic E-state index is 0.0694. The number of ketones is 1. The Balaban J connectivity index is 2.65. The van der Waals surface area contributed by atoms with Gasteiger partial charge < -0.3 is 5.11 Å². The molecule has 1 aliphatic carbocycles. The molecule has 1 aliphatic rings. The van der Waals surface area contributed by atoms with Crippen molar-refractivity contribution >= 4 is 5.78 Å². The van der Waals surface area contributed by atoms with Gasteiger partial charge in [-0.3, -0.25) is 4.79 Å². The first-order chi connectivity index (χ1) is 4.13. The SMILES string of the molecule is CC1C(=O)C[C@H](O)C1C. The minimum atomic E-state index is -0.382. The van der Waals surface area contributed by atoms with Gasteiger partial charge in [0.1, 0.15) is 5.78 Å². The molecule has 0 aliphatic heterocycles. The van der Waals surface area contributed by atoms with Gasteiger partial charge in [0, 0.05) is 12.3 Å². The van der Waals surface area contributed by atoms with Crippen molar-refractivity contribution in [2.45, 2.75) is 26.4 Å². The first-order valence-corrected chi connectivity index (χ1v) is 3.33. The van der Waals surface area contributed by atoms with E-state index in [4.69, 9.17) is 5.11 Å². The van der Waals surface area contributed by atoms with Crippen molar-refractivity contribution in [1.29, 1.82) is 0 Å². The number of aliphatic hydroxyl groups excluding tert-OH is 1. The van der Waals surface area contributed by atoms with Crippen molar-refractivity contribution < 1.29 is 9.90 Å². The molecular weight excluding hydrogens is 116 g/mol. The molecule has 0 aromatic carbocycles. The number of Topliss-reactive ketones (excluding diaryl/α,β-unsaturated/α-hetero) is 1. The van der Waals surface area contributed by atoms with E-state index in [0.29, 0.717) is 6.42 Å². The molecular formula is C7H12O2. The zero-order valence-electron chi connectivity index (χ0n) is 5.79. The summed E-state index contributed by atoms with van der Waals surface area (Å²) in [4.78, 5) is 10.8. The average molecular weight is 128 g/mol. The molecule has 0 aromatic heterocycles. The molecule has 0 aromatic rings. The fourth-order valence-corrected chi connectivity index (χ4v) is 1.20. The number of carbonyl (C=O) groups is 1. The monoisotopic (exact) mass is 128 g/mol. The van der Waals surface area contributed by atoms with Crippen molar-refractivity contribution in [3.05, 3.63) is 0 Å². The van der Waals surface area contributed by atoms with E-state index in [1.165, 1.54) is 0 Å². The van der Waals surface area contributed by atoms with E-state index in [1.54, 1.807) is 0 Å². The molecule has 0 radical (unpaired) electrons. The predicted molar refractivity (Wildman–Crippen MR) is 34.0 cm³/mol. The molecule has 0 amide bonds. The summed E-state index contributed by atoms with van der Waals surface area (Å²) in [6.07, 6.45) is -0.0185. The van der Waals surface area contributed by atoms with Gasteiger partial charge in [-0.05, 0) is 5.92 Å². The Bertz CT molecular complexity index is 131. The second kappa shape index (κ2) is 2.10. The smallest absolute Gasteiger partial charge is 0.138 e. The molecule has 9 heavy (non-hydrogen) atoms. The van der Waals surface area contributed by atoms with E-state index >= 15 is 0 Å². The van der Waals surface area contributed by atoms with Crippen LogP contribution < -0.4 is 0 Å². The summed E-state index contributed by atoms with van der Waals surface area (Å²) in [6.45, 7) is 3.80. The number of aliphatic hydroxyl groups is 1. The third-order valence-electron chi connectivity index (χ3n) is 2.31. The van der Waals surface area contributed by atoms with Crippen molar-refractivity contribution in [3.63, 3.8) is 0 Å². The van der Waals surface area contributed by atoms with Gasteiger partial charge in [-0.25, -0.2) is 0 Å². The molecule has 2 heteroatoms. The second-order valence-corrected chi connectivity index (χ2v) is 2.89. The lowest BCUT2D eigenvalue weighted by Crippen LogP contribution is -2.13. The molecule has 3 atom stereocenters. The third-order valence-corrected chi connectivity index (χ3v) is 2.31. The zero-order chi connectivity index (χ0) is 7.02. The molecule has 2 nitrogen and oxygen atoms in total. The highest BCUT2D eigenvalue weighted by Gasteiger charge is 2.34. The lowest BCUT2D eigenvalue weighted by Gasteiger charge is -2.09. The summed E-state index contributed by atoms with van der Waals surface area (Å²) in [5.74, 6) is 0.437. The molecule has 0 bridgehead atoms. The van der Waals surface area contributed by atoms with Crippen molar-refractivity contribution in [2.75, 3.05) is 0 Å². The number of carbonyl (C=O) groups excluding carboxylic acids is 1. The molecule has 1 saturated carbocycles. The Kier molecular flexibility index (Phi) is 1.58. The van der Waals surface area contributed by atoms with Crippen molar-refractivity contribution in [3.8, 4) is 0 Å². The van der Waals surface area contributed by atoms with Gasteiger partial charge in [0.25, 0.3) is 0 Å². The second-order valence-electron chi connectivity index (χ2n) is 2.89. The molecule has 0 saturated heterocycles. The Morgan fingerprint density at radius 3 is 2.22 bits per heavy atom. The topological polar surface area (TPSA) is 37.3 Å². The Labute approximate surface area is 54.9 Å². The summed E-state index contributed by atoms with van der Waals surface area (Å²) in [5.41, 5.74) is 0. The Morgan fingerprint density at radius 1 is 1.56 bits per heavy atom. The summed E-state index contributed by atoms with van der Waals surface area (Å²) >= 11 is 0. The van der Waals surface area contributed by atoms with Gasteiger partial charge in [-0.2, -0.15) is 0 Å². The van der Waals surface area contributed by atoms with Crippen LogP contribution in [0.25, 0.3) is 0 Å². The highest BCUT2D eigenvalue weighted by Crippen LogP contribution is 2.27. The van der Waals surface area contributed by atoms with Gasteiger partial charge in [-0.1, -0.05) is 13.8 Å². The summed E-state index contributed by atoms with van der Waals surface area (Å²) in [6, 6.07) is 0. The summed E-state index contributed by atoms with van der Waals surface area (Å²) < 4.78 is 0. The largest absolute Gasteiger partial charge is 0.392 e. The van der Waals surface area contributed by atoms with E-state index in [9.17, 15) is 4.79 Å². The molecule has 0 heterocycles. The van der Waals surface area contributed by atoms with Gasteiger partial charge in [0.05, 0.1) is 6.10 Å². The standard InChI is InChI=1S/C7H12O2/c1-4-5(2)7(9)3-6(4)8/h4-6,8H,3H2,1-2H3/t4?,5?,6-/m0/s1. The zero-order valence-corrected chi connectivity index (χ0v) is 5.79. The Hall–Kier alpha value is -0.370. The van der Waals surface area contributed by atoms with Crippen LogP contribution in [0.15, 0.2) is 0 Å². The van der Waals surface area contributed by atoms with E-state index in [2.05, 4.69) is 0 Å². The van der Waals surface area contributed by atoms with E-state index < -0.39 is 0 Å². The quantitative estimate of drug-likeness (QED) is 0.518. The lowest BCUT2D eigenvalue weighted by molar-refractivity contribution is -0.120. The normalized spacial score (nSPS) is 43.9. The van der Waals surface area contributed by atoms with Crippen molar-refractivity contribution in [1.82, 2.24) is 0 Å². The highest BCUT2D eigenvalue weighted by atomic mass is 16.3. The minimum Gasteiger partial charge on any atom is -0.392 e. The average Bonchev–Trinajstić information content (AvgIpc) is 1.98. The highest BCUT2D eigenvalue weighted by molar-refractivity contribution is 5.83. The van der Waals surface area contributed by atoms with Crippen LogP contribution in [0.5, 0.6) is 0 Å². The third kappa shape index (κ3) is 0.990. The fraction of sp³-hybridized carbons (Fsp3) is 0.857. The number of hydrogen-bond acceptors (Lipinski definition) is 2. The molecule has 0 spiro atoms. The first-order valence-electron chi connectivity index (χ1n) is 3.33. The van der Waals surface area contributed by atoms with Crippen molar-refractivity contribution in [2.24, 2.45) is 11.8 Å². The van der Waals surface area contributed by atoms with Gasteiger partial charge >= 0.3 is 0 Å². The molecule has 1 rings (SSSR count). The maximum atomic E-state index is 10.8. The van der Waals surface area contributed by atoms with Crippen LogP contribution in [0, 0.1) is 11.8 Å². The lowest BCUT2D eigenvalue weighted by atomic mass is 9.99. The van der Waals surface area contributed by atoms with Crippen LogP contribution >= 0.6 is 0 Å². The van der Waals surface area contributed by atoms with Crippen LogP contribution in [0.2, 0.25) is 0 Å². The van der Waals surface area contributed by atoms with Crippen LogP contribution in [0.1, 0.15) is 20.3 Å². The van der Waals surface area contributed by atoms with Crippen LogP contribution in [0.3, 0.4) is 0 Å².